The number of hydrogen-bond donors (Lipinski definition) is 0. The second-order valence-corrected chi connectivity index (χ2v) is 13.0. The molecule has 0 bridgehead atoms. The van der Waals surface area contributed by atoms with Gasteiger partial charge in [-0.15, -0.1) is 0 Å². The van der Waals surface area contributed by atoms with Crippen LogP contribution in [0.5, 0.6) is 0 Å². The molecule has 8 rings (SSSR count). The molecule has 0 N–H and O–H groups in total. The van der Waals surface area contributed by atoms with E-state index >= 15 is 0 Å². The molecule has 49 heavy (non-hydrogen) atoms. The Morgan fingerprint density at radius 3 is 1.43 bits per heavy atom. The average molecular weight is 634 g/mol. The van der Waals surface area contributed by atoms with Crippen LogP contribution in [0.15, 0.2) is 109 Å². The fourth-order valence-corrected chi connectivity index (χ4v) is 7.26. The first-order valence-electron chi connectivity index (χ1n) is 17.3. The molecule has 6 aromatic rings. The molecule has 0 aromatic heterocycles. The Hall–Kier alpha value is -5.90. The first-order chi connectivity index (χ1) is 24.1. The molecule has 0 spiro atoms. The number of carbonyl (C=O) groups excluding carboxylic acids is 2. The summed E-state index contributed by atoms with van der Waals surface area (Å²) in [7, 11) is 0. The third-order valence-electron chi connectivity index (χ3n) is 9.77. The molecule has 6 aromatic carbocycles. The summed E-state index contributed by atoms with van der Waals surface area (Å²) in [5.74, 6) is 13.1. The van der Waals surface area contributed by atoms with Crippen LogP contribution < -0.4 is 0 Å². The zero-order valence-electron chi connectivity index (χ0n) is 27.6. The standard InChI is InChI=1S/C46H35NO2/c1-2-3-4-5-6-13-26-47-45(48)39-24-22-37-41-29-35-27-33(20-18-31-14-9-7-10-15-31)34(21-19-32-16-11-8-12-17-32)28-36(35)30-42(41)38-23-25-40(46(47)49)44(39)43(37)38/h7-12,14-17,22-25,27-30H,2-6,13,26H2,1H3. The molecular formula is C46H35NO2. The number of benzene rings is 6. The number of unbranched alkanes of at least 4 members (excludes halogenated alkanes) is 5. The highest BCUT2D eigenvalue weighted by Gasteiger charge is 2.36. The molecule has 0 saturated heterocycles. The summed E-state index contributed by atoms with van der Waals surface area (Å²) in [6, 6.07) is 36.7. The number of carbonyl (C=O) groups is 2. The summed E-state index contributed by atoms with van der Waals surface area (Å²) in [6.07, 6.45) is 6.63. The number of hydrogen-bond acceptors (Lipinski definition) is 2. The van der Waals surface area contributed by atoms with Crippen molar-refractivity contribution in [2.24, 2.45) is 0 Å². The van der Waals surface area contributed by atoms with Gasteiger partial charge in [0.25, 0.3) is 11.8 Å². The number of amides is 2. The van der Waals surface area contributed by atoms with E-state index in [9.17, 15) is 9.59 Å². The predicted octanol–water partition coefficient (Wildman–Crippen LogP) is 10.4. The SMILES string of the molecule is CCCCCCCCN1C(=O)c2ccc3c4c(ccc(c24)C1=O)-c1cc2cc(C#Cc4ccccc4)c(C#Cc4ccccc4)cc2cc1-3. The summed E-state index contributed by atoms with van der Waals surface area (Å²) in [6.45, 7) is 2.67. The molecule has 236 valence electrons. The molecular weight excluding hydrogens is 599 g/mol. The van der Waals surface area contributed by atoms with Crippen molar-refractivity contribution in [1.29, 1.82) is 0 Å². The smallest absolute Gasteiger partial charge is 0.261 e. The molecule has 1 heterocycles. The molecule has 1 aliphatic carbocycles. The predicted molar refractivity (Wildman–Crippen MR) is 199 cm³/mol. The average Bonchev–Trinajstić information content (AvgIpc) is 3.45. The Kier molecular flexibility index (Phi) is 8.04. The van der Waals surface area contributed by atoms with E-state index in [1.54, 1.807) is 0 Å². The van der Waals surface area contributed by atoms with Gasteiger partial charge >= 0.3 is 0 Å². The molecule has 0 fully saturated rings. The van der Waals surface area contributed by atoms with Crippen LogP contribution in [0.1, 0.15) is 88.4 Å². The molecule has 0 unspecified atom stereocenters. The van der Waals surface area contributed by atoms with Gasteiger partial charge in [-0.2, -0.15) is 0 Å². The van der Waals surface area contributed by atoms with Gasteiger partial charge in [-0.1, -0.05) is 111 Å². The van der Waals surface area contributed by atoms with Crippen LogP contribution in [-0.4, -0.2) is 23.3 Å². The summed E-state index contributed by atoms with van der Waals surface area (Å²) < 4.78 is 0. The van der Waals surface area contributed by atoms with Gasteiger partial charge in [0.15, 0.2) is 0 Å². The van der Waals surface area contributed by atoms with Crippen molar-refractivity contribution in [2.75, 3.05) is 6.54 Å². The second-order valence-electron chi connectivity index (χ2n) is 13.0. The number of fused-ring (bicyclic) bond motifs is 4. The summed E-state index contributed by atoms with van der Waals surface area (Å²) in [5, 5.41) is 3.91. The van der Waals surface area contributed by atoms with Gasteiger partial charge in [0.2, 0.25) is 0 Å². The first-order valence-corrected chi connectivity index (χ1v) is 17.3. The Balaban J connectivity index is 1.20. The summed E-state index contributed by atoms with van der Waals surface area (Å²) in [5.41, 5.74) is 9.20. The molecule has 2 amide bonds. The normalized spacial score (nSPS) is 12.5. The van der Waals surface area contributed by atoms with Crippen LogP contribution in [0.25, 0.3) is 43.8 Å². The third kappa shape index (κ3) is 5.58. The van der Waals surface area contributed by atoms with E-state index in [4.69, 9.17) is 0 Å². The fourth-order valence-electron chi connectivity index (χ4n) is 7.26. The van der Waals surface area contributed by atoms with E-state index in [0.29, 0.717) is 17.7 Å². The fraction of sp³-hybridized carbons (Fsp3) is 0.174. The van der Waals surface area contributed by atoms with Crippen molar-refractivity contribution < 1.29 is 9.59 Å². The lowest BCUT2D eigenvalue weighted by Gasteiger charge is -2.27. The number of nitrogens with zero attached hydrogens (tertiary/aromatic N) is 1. The Morgan fingerprint density at radius 1 is 0.469 bits per heavy atom. The monoisotopic (exact) mass is 633 g/mol. The second kappa shape index (κ2) is 13.0. The van der Waals surface area contributed by atoms with Crippen LogP contribution in [-0.2, 0) is 0 Å². The van der Waals surface area contributed by atoms with E-state index in [-0.39, 0.29) is 11.8 Å². The van der Waals surface area contributed by atoms with E-state index in [0.717, 1.165) is 85.3 Å². The van der Waals surface area contributed by atoms with Crippen LogP contribution in [0.4, 0.5) is 0 Å². The van der Waals surface area contributed by atoms with Crippen LogP contribution in [0.3, 0.4) is 0 Å². The molecule has 2 aliphatic rings. The van der Waals surface area contributed by atoms with Gasteiger partial charge < -0.3 is 0 Å². The molecule has 3 heteroatoms. The van der Waals surface area contributed by atoms with Crippen LogP contribution in [0.2, 0.25) is 0 Å². The number of imide groups is 1. The summed E-state index contributed by atoms with van der Waals surface area (Å²) >= 11 is 0. The molecule has 3 nitrogen and oxygen atoms in total. The highest BCUT2D eigenvalue weighted by Crippen LogP contribution is 2.51. The highest BCUT2D eigenvalue weighted by molar-refractivity contribution is 6.31. The maximum Gasteiger partial charge on any atom is 0.261 e. The van der Waals surface area contributed by atoms with Crippen molar-refractivity contribution in [2.45, 2.75) is 45.4 Å². The third-order valence-corrected chi connectivity index (χ3v) is 9.77. The maximum atomic E-state index is 13.8. The molecule has 0 radical (unpaired) electrons. The Labute approximate surface area is 287 Å². The van der Waals surface area contributed by atoms with E-state index in [1.807, 2.05) is 72.8 Å². The molecule has 1 aliphatic heterocycles. The van der Waals surface area contributed by atoms with Crippen LogP contribution >= 0.6 is 0 Å². The van der Waals surface area contributed by atoms with Crippen molar-refractivity contribution in [1.82, 2.24) is 4.90 Å². The van der Waals surface area contributed by atoms with E-state index in [1.165, 1.54) is 24.2 Å². The Bertz CT molecular complexity index is 2260. The van der Waals surface area contributed by atoms with E-state index < -0.39 is 0 Å². The largest absolute Gasteiger partial charge is 0.274 e. The Morgan fingerprint density at radius 2 is 0.918 bits per heavy atom. The molecule has 0 saturated carbocycles. The van der Waals surface area contributed by atoms with Gasteiger partial charge in [0.1, 0.15) is 0 Å². The van der Waals surface area contributed by atoms with Gasteiger partial charge in [-0.3, -0.25) is 14.5 Å². The van der Waals surface area contributed by atoms with E-state index in [2.05, 4.69) is 67.0 Å². The maximum absolute atomic E-state index is 13.8. The first kappa shape index (κ1) is 30.4. The minimum absolute atomic E-state index is 0.181. The van der Waals surface area contributed by atoms with Crippen molar-refractivity contribution >= 4 is 33.4 Å². The lowest BCUT2D eigenvalue weighted by atomic mass is 9.90. The van der Waals surface area contributed by atoms with Gasteiger partial charge in [-0.05, 0) is 105 Å². The zero-order chi connectivity index (χ0) is 33.3. The minimum atomic E-state index is -0.181. The lowest BCUT2D eigenvalue weighted by molar-refractivity contribution is 0.0607. The highest BCUT2D eigenvalue weighted by atomic mass is 16.2. The quantitative estimate of drug-likeness (QED) is 0.0995. The van der Waals surface area contributed by atoms with Gasteiger partial charge in [0.05, 0.1) is 0 Å². The number of rotatable bonds is 7. The van der Waals surface area contributed by atoms with Crippen molar-refractivity contribution in [3.63, 3.8) is 0 Å². The molecule has 0 atom stereocenters. The van der Waals surface area contributed by atoms with Gasteiger partial charge in [0, 0.05) is 45.3 Å². The lowest BCUT2D eigenvalue weighted by Crippen LogP contribution is -2.40. The van der Waals surface area contributed by atoms with Crippen molar-refractivity contribution in [3.05, 3.63) is 143 Å². The summed E-state index contributed by atoms with van der Waals surface area (Å²) in [4.78, 5) is 29.0. The van der Waals surface area contributed by atoms with Crippen molar-refractivity contribution in [3.8, 4) is 45.9 Å². The topological polar surface area (TPSA) is 37.4 Å². The van der Waals surface area contributed by atoms with Gasteiger partial charge in [-0.25, -0.2) is 0 Å². The minimum Gasteiger partial charge on any atom is -0.274 e. The zero-order valence-corrected chi connectivity index (χ0v) is 27.6. The van der Waals surface area contributed by atoms with Crippen LogP contribution in [0, 0.1) is 23.7 Å².